The van der Waals surface area contributed by atoms with Gasteiger partial charge in [-0.2, -0.15) is 0 Å². The third-order valence-corrected chi connectivity index (χ3v) is 4.21. The molecule has 1 fully saturated rings. The highest BCUT2D eigenvalue weighted by atomic mass is 32.2. The number of hydrogen-bond acceptors (Lipinski definition) is 3. The Morgan fingerprint density at radius 2 is 2.00 bits per heavy atom. The first-order valence-corrected chi connectivity index (χ1v) is 6.53. The van der Waals surface area contributed by atoms with Gasteiger partial charge in [0.25, 0.3) is 0 Å². The van der Waals surface area contributed by atoms with Crippen molar-refractivity contribution in [3.8, 4) is 0 Å². The zero-order valence-corrected chi connectivity index (χ0v) is 9.91. The van der Waals surface area contributed by atoms with Crippen LogP contribution in [0.2, 0.25) is 0 Å². The smallest absolute Gasteiger partial charge is 0.161 e. The molecule has 3 atom stereocenters. The molecule has 86 valence electrons. The first-order valence-electron chi connectivity index (χ1n) is 5.32. The van der Waals surface area contributed by atoms with Crippen molar-refractivity contribution in [1.29, 1.82) is 0 Å². The van der Waals surface area contributed by atoms with Gasteiger partial charge >= 0.3 is 0 Å². The Balaban J connectivity index is 2.09. The summed E-state index contributed by atoms with van der Waals surface area (Å²) in [5.41, 5.74) is -0.352. The quantitative estimate of drug-likeness (QED) is 0.790. The van der Waals surface area contributed by atoms with E-state index in [0.717, 1.165) is 4.90 Å². The van der Waals surface area contributed by atoms with E-state index in [4.69, 9.17) is 4.74 Å². The van der Waals surface area contributed by atoms with Gasteiger partial charge in [0.05, 0.1) is 10.8 Å². The molecule has 0 aliphatic carbocycles. The van der Waals surface area contributed by atoms with Crippen LogP contribution in [0.4, 0.5) is 0 Å². The maximum atomic E-state index is 12.1. The van der Waals surface area contributed by atoms with Crippen LogP contribution >= 0.6 is 0 Å². The molecule has 0 bridgehead atoms. The predicted octanol–water partition coefficient (Wildman–Crippen LogP) is 1.89. The van der Waals surface area contributed by atoms with Crippen molar-refractivity contribution in [3.05, 3.63) is 30.3 Å². The first kappa shape index (κ1) is 11.5. The average Bonchev–Trinajstić information content (AvgIpc) is 2.33. The van der Waals surface area contributed by atoms with Gasteiger partial charge < -0.3 is 4.74 Å². The number of Topliss-reactive ketones (excluding diaryl/α,β-unsaturated/α-hetero) is 1. The van der Waals surface area contributed by atoms with Crippen LogP contribution < -0.4 is 0 Å². The van der Waals surface area contributed by atoms with Gasteiger partial charge in [-0.05, 0) is 25.5 Å². The Hall–Kier alpha value is -1.00. The van der Waals surface area contributed by atoms with Crippen molar-refractivity contribution in [2.75, 3.05) is 0 Å². The second-order valence-electron chi connectivity index (χ2n) is 3.82. The van der Waals surface area contributed by atoms with Crippen molar-refractivity contribution >= 4 is 16.6 Å². The van der Waals surface area contributed by atoms with Crippen LogP contribution in [0, 0.1) is 0 Å². The first-order chi connectivity index (χ1) is 7.68. The maximum Gasteiger partial charge on any atom is 0.161 e. The lowest BCUT2D eigenvalue weighted by Gasteiger charge is -2.26. The largest absolute Gasteiger partial charge is 0.354 e. The Morgan fingerprint density at radius 1 is 1.31 bits per heavy atom. The molecule has 0 spiro atoms. The zero-order valence-electron chi connectivity index (χ0n) is 9.09. The molecule has 0 radical (unpaired) electrons. The second-order valence-corrected chi connectivity index (χ2v) is 5.42. The third kappa shape index (κ3) is 2.39. The molecule has 1 aromatic carbocycles. The van der Waals surface area contributed by atoms with Gasteiger partial charge in [-0.3, -0.25) is 9.00 Å². The van der Waals surface area contributed by atoms with E-state index in [1.165, 1.54) is 0 Å². The minimum Gasteiger partial charge on any atom is -0.354 e. The van der Waals surface area contributed by atoms with Gasteiger partial charge in [-0.25, -0.2) is 0 Å². The summed E-state index contributed by atoms with van der Waals surface area (Å²) in [6.45, 7) is 1.72. The summed E-state index contributed by atoms with van der Waals surface area (Å²) < 4.78 is 17.6. The van der Waals surface area contributed by atoms with E-state index in [9.17, 15) is 9.00 Å². The van der Waals surface area contributed by atoms with E-state index in [1.54, 1.807) is 6.92 Å². The molecule has 3 unspecified atom stereocenters. The van der Waals surface area contributed by atoms with Crippen LogP contribution in [0.5, 0.6) is 0 Å². The van der Waals surface area contributed by atoms with Crippen LogP contribution in [-0.2, 0) is 20.3 Å². The van der Waals surface area contributed by atoms with E-state index in [2.05, 4.69) is 0 Å². The van der Waals surface area contributed by atoms with E-state index in [1.807, 2.05) is 30.3 Å². The highest BCUT2D eigenvalue weighted by Gasteiger charge is 2.30. The molecular formula is C12H14O3S. The Kier molecular flexibility index (Phi) is 3.51. The molecular weight excluding hydrogens is 224 g/mol. The SMILES string of the molecule is CC1OC(S(=O)c2ccccc2)CCC1=O. The van der Waals surface area contributed by atoms with Crippen LogP contribution in [-0.4, -0.2) is 21.5 Å². The Morgan fingerprint density at radius 3 is 2.62 bits per heavy atom. The van der Waals surface area contributed by atoms with Gasteiger partial charge in [0.1, 0.15) is 11.5 Å². The number of ether oxygens (including phenoxy) is 1. The van der Waals surface area contributed by atoms with Crippen molar-refractivity contribution < 1.29 is 13.7 Å². The van der Waals surface area contributed by atoms with E-state index >= 15 is 0 Å². The second kappa shape index (κ2) is 4.89. The van der Waals surface area contributed by atoms with Crippen LogP contribution in [0.3, 0.4) is 0 Å². The molecule has 16 heavy (non-hydrogen) atoms. The Bertz CT molecular complexity index is 402. The third-order valence-electron chi connectivity index (χ3n) is 2.65. The lowest BCUT2D eigenvalue weighted by Crippen LogP contribution is -2.35. The molecule has 0 aromatic heterocycles. The molecule has 1 aromatic rings. The van der Waals surface area contributed by atoms with Crippen molar-refractivity contribution in [2.24, 2.45) is 0 Å². The molecule has 1 aliphatic rings. The summed E-state index contributed by atoms with van der Waals surface area (Å²) >= 11 is 0. The fraction of sp³-hybridized carbons (Fsp3) is 0.417. The molecule has 1 aliphatic heterocycles. The standard InChI is InChI=1S/C12H14O3S/c1-9-11(13)7-8-12(15-9)16(14)10-5-3-2-4-6-10/h2-6,9,12H,7-8H2,1H3. The molecule has 3 nitrogen and oxygen atoms in total. The molecule has 4 heteroatoms. The Labute approximate surface area is 97.3 Å². The fourth-order valence-corrected chi connectivity index (χ4v) is 3.03. The van der Waals surface area contributed by atoms with Crippen molar-refractivity contribution in [1.82, 2.24) is 0 Å². The van der Waals surface area contributed by atoms with Crippen molar-refractivity contribution in [3.63, 3.8) is 0 Å². The van der Waals surface area contributed by atoms with Gasteiger partial charge in [0.15, 0.2) is 5.78 Å². The zero-order chi connectivity index (χ0) is 11.5. The molecule has 0 saturated carbocycles. The number of benzene rings is 1. The predicted molar refractivity (Wildman–Crippen MR) is 61.4 cm³/mol. The summed E-state index contributed by atoms with van der Waals surface area (Å²) in [5.74, 6) is 0.0984. The van der Waals surface area contributed by atoms with E-state index in [0.29, 0.717) is 12.8 Å². The fourth-order valence-electron chi connectivity index (χ4n) is 1.70. The van der Waals surface area contributed by atoms with Gasteiger partial charge in [0.2, 0.25) is 0 Å². The van der Waals surface area contributed by atoms with Crippen LogP contribution in [0.1, 0.15) is 19.8 Å². The number of carbonyl (C=O) groups is 1. The normalized spacial score (nSPS) is 27.7. The van der Waals surface area contributed by atoms with Gasteiger partial charge in [-0.1, -0.05) is 18.2 Å². The summed E-state index contributed by atoms with van der Waals surface area (Å²) in [6.07, 6.45) is 0.584. The molecule has 2 rings (SSSR count). The molecule has 1 saturated heterocycles. The summed E-state index contributed by atoms with van der Waals surface area (Å²) in [6, 6.07) is 9.23. The number of carbonyl (C=O) groups excluding carboxylic acids is 1. The summed E-state index contributed by atoms with van der Waals surface area (Å²) in [4.78, 5) is 12.0. The molecule has 1 heterocycles. The minimum atomic E-state index is -1.18. The molecule has 0 amide bonds. The molecule has 0 N–H and O–H groups in total. The summed E-state index contributed by atoms with van der Waals surface area (Å²) in [5, 5.41) is 0. The average molecular weight is 238 g/mol. The monoisotopic (exact) mass is 238 g/mol. The highest BCUT2D eigenvalue weighted by Crippen LogP contribution is 2.22. The number of hydrogen-bond donors (Lipinski definition) is 0. The maximum absolute atomic E-state index is 12.1. The lowest BCUT2D eigenvalue weighted by molar-refractivity contribution is -0.135. The van der Waals surface area contributed by atoms with Crippen LogP contribution in [0.15, 0.2) is 35.2 Å². The van der Waals surface area contributed by atoms with Crippen molar-refractivity contribution in [2.45, 2.75) is 36.2 Å². The van der Waals surface area contributed by atoms with E-state index < -0.39 is 16.9 Å². The topological polar surface area (TPSA) is 43.4 Å². The van der Waals surface area contributed by atoms with Crippen LogP contribution in [0.25, 0.3) is 0 Å². The number of ketones is 1. The van der Waals surface area contributed by atoms with E-state index in [-0.39, 0.29) is 11.2 Å². The van der Waals surface area contributed by atoms with Gasteiger partial charge in [-0.15, -0.1) is 0 Å². The highest BCUT2D eigenvalue weighted by molar-refractivity contribution is 7.85. The number of rotatable bonds is 2. The lowest BCUT2D eigenvalue weighted by atomic mass is 10.1. The van der Waals surface area contributed by atoms with Gasteiger partial charge in [0, 0.05) is 11.3 Å². The minimum absolute atomic E-state index is 0.0984. The summed E-state index contributed by atoms with van der Waals surface area (Å²) in [7, 11) is -1.18.